The van der Waals surface area contributed by atoms with Gasteiger partial charge in [-0.15, -0.1) is 0 Å². The minimum atomic E-state index is -0.407. The minimum absolute atomic E-state index is 0.287. The van der Waals surface area contributed by atoms with E-state index in [1.807, 2.05) is 42.5 Å². The van der Waals surface area contributed by atoms with Gasteiger partial charge in [0.1, 0.15) is 5.69 Å². The third-order valence-electron chi connectivity index (χ3n) is 5.75. The van der Waals surface area contributed by atoms with Gasteiger partial charge in [0, 0.05) is 34.2 Å². The van der Waals surface area contributed by atoms with E-state index in [0.29, 0.717) is 28.3 Å². The average molecular weight is 480 g/mol. The topological polar surface area (TPSA) is 62.7 Å². The van der Waals surface area contributed by atoms with Crippen LogP contribution in [0.25, 0.3) is 22.2 Å². The molecule has 1 aliphatic carbocycles. The Hall–Kier alpha value is -2.90. The minimum Gasteiger partial charge on any atom is -0.351 e. The Morgan fingerprint density at radius 3 is 2.64 bits per heavy atom. The van der Waals surface area contributed by atoms with E-state index in [4.69, 9.17) is 11.6 Å². The molecule has 4 aromatic rings. The summed E-state index contributed by atoms with van der Waals surface area (Å²) in [5.74, 6) is 0.244. The van der Waals surface area contributed by atoms with E-state index in [-0.39, 0.29) is 5.69 Å². The summed E-state index contributed by atoms with van der Waals surface area (Å²) in [6.45, 7) is 0. The molecule has 2 N–H and O–H groups in total. The molecule has 2 aromatic heterocycles. The highest BCUT2D eigenvalue weighted by Gasteiger charge is 2.15. The lowest BCUT2D eigenvalue weighted by atomic mass is 9.96. The number of halogens is 2. The van der Waals surface area contributed by atoms with E-state index in [0.717, 1.165) is 28.6 Å². The quantitative estimate of drug-likeness (QED) is 0.282. The number of benzene rings is 2. The molecule has 5 nitrogen and oxygen atoms in total. The molecule has 1 aliphatic rings. The van der Waals surface area contributed by atoms with Crippen LogP contribution in [0.15, 0.2) is 65.8 Å². The predicted molar refractivity (Wildman–Crippen MR) is 134 cm³/mol. The third kappa shape index (κ3) is 5.20. The van der Waals surface area contributed by atoms with Crippen molar-refractivity contribution < 1.29 is 4.39 Å². The van der Waals surface area contributed by atoms with E-state index < -0.39 is 5.82 Å². The molecule has 1 fully saturated rings. The normalized spacial score (nSPS) is 14.4. The first-order chi connectivity index (χ1) is 16.2. The molecule has 0 atom stereocenters. The van der Waals surface area contributed by atoms with Crippen molar-refractivity contribution in [3.05, 3.63) is 71.8 Å². The van der Waals surface area contributed by atoms with Crippen LogP contribution in [0.1, 0.15) is 32.1 Å². The lowest BCUT2D eigenvalue weighted by Gasteiger charge is -2.22. The van der Waals surface area contributed by atoms with E-state index in [1.54, 1.807) is 12.4 Å². The number of anilines is 2. The highest BCUT2D eigenvalue weighted by Crippen LogP contribution is 2.30. The summed E-state index contributed by atoms with van der Waals surface area (Å²) < 4.78 is 18.0. The number of hydrogen-bond acceptors (Lipinski definition) is 6. The maximum Gasteiger partial charge on any atom is 0.223 e. The number of fused-ring (bicyclic) bond motifs is 1. The molecule has 0 spiro atoms. The smallest absolute Gasteiger partial charge is 0.223 e. The number of nitrogens with one attached hydrogen (secondary N) is 2. The SMILES string of the molecule is Fc1cc(NSc2ccccc2Cl)cnc1-c1ccc2nc(NC3CCCCC3)ncc2c1. The molecule has 1 saturated carbocycles. The first kappa shape index (κ1) is 21.9. The second-order valence-corrected chi connectivity index (χ2v) is 9.39. The Labute approximate surface area is 201 Å². The average Bonchev–Trinajstić information content (AvgIpc) is 2.84. The molecular weight excluding hydrogens is 457 g/mol. The highest BCUT2D eigenvalue weighted by atomic mass is 35.5. The summed E-state index contributed by atoms with van der Waals surface area (Å²) in [5, 5.41) is 4.93. The van der Waals surface area contributed by atoms with Gasteiger partial charge in [-0.3, -0.25) is 4.98 Å². The first-order valence-corrected chi connectivity index (χ1v) is 12.2. The maximum atomic E-state index is 14.9. The van der Waals surface area contributed by atoms with Crippen molar-refractivity contribution in [1.29, 1.82) is 0 Å². The zero-order chi connectivity index (χ0) is 22.6. The molecular formula is C25H23ClFN5S. The molecule has 33 heavy (non-hydrogen) atoms. The second-order valence-electron chi connectivity index (χ2n) is 8.14. The van der Waals surface area contributed by atoms with Gasteiger partial charge in [0.05, 0.1) is 22.4 Å². The van der Waals surface area contributed by atoms with Crippen LogP contribution in [0.5, 0.6) is 0 Å². The van der Waals surface area contributed by atoms with Crippen molar-refractivity contribution in [2.24, 2.45) is 0 Å². The zero-order valence-corrected chi connectivity index (χ0v) is 19.5. The molecule has 2 heterocycles. The molecule has 0 saturated heterocycles. The van der Waals surface area contributed by atoms with Gasteiger partial charge < -0.3 is 10.0 Å². The number of rotatable bonds is 6. The van der Waals surface area contributed by atoms with Crippen molar-refractivity contribution in [2.75, 3.05) is 10.0 Å². The van der Waals surface area contributed by atoms with Crippen LogP contribution in [0.4, 0.5) is 16.0 Å². The Kier molecular flexibility index (Phi) is 6.60. The van der Waals surface area contributed by atoms with E-state index in [9.17, 15) is 4.39 Å². The van der Waals surface area contributed by atoms with Crippen LogP contribution in [0, 0.1) is 5.82 Å². The van der Waals surface area contributed by atoms with E-state index in [2.05, 4.69) is 25.0 Å². The van der Waals surface area contributed by atoms with Crippen LogP contribution >= 0.6 is 23.5 Å². The monoisotopic (exact) mass is 479 g/mol. The summed E-state index contributed by atoms with van der Waals surface area (Å²) in [7, 11) is 0. The molecule has 0 aliphatic heterocycles. The Bertz CT molecular complexity index is 1280. The summed E-state index contributed by atoms with van der Waals surface area (Å²) in [6.07, 6.45) is 9.52. The lowest BCUT2D eigenvalue weighted by molar-refractivity contribution is 0.461. The van der Waals surface area contributed by atoms with Crippen molar-refractivity contribution >= 4 is 46.1 Å². The molecule has 0 amide bonds. The van der Waals surface area contributed by atoms with Gasteiger partial charge in [0.2, 0.25) is 5.95 Å². The van der Waals surface area contributed by atoms with Gasteiger partial charge in [0.15, 0.2) is 5.82 Å². The number of hydrogen-bond donors (Lipinski definition) is 2. The van der Waals surface area contributed by atoms with Crippen LogP contribution in [0.3, 0.4) is 0 Å². The predicted octanol–water partition coefficient (Wildman–Crippen LogP) is 7.35. The fraction of sp³-hybridized carbons (Fsp3) is 0.240. The van der Waals surface area contributed by atoms with Crippen LogP contribution < -0.4 is 10.0 Å². The summed E-state index contributed by atoms with van der Waals surface area (Å²) in [4.78, 5) is 14.3. The van der Waals surface area contributed by atoms with Crippen molar-refractivity contribution in [2.45, 2.75) is 43.0 Å². The summed E-state index contributed by atoms with van der Waals surface area (Å²) >= 11 is 7.48. The fourth-order valence-electron chi connectivity index (χ4n) is 4.03. The molecule has 8 heteroatoms. The second kappa shape index (κ2) is 9.93. The molecule has 0 unspecified atom stereocenters. The van der Waals surface area contributed by atoms with Gasteiger partial charge in [-0.25, -0.2) is 14.4 Å². The van der Waals surface area contributed by atoms with Gasteiger partial charge in [-0.2, -0.15) is 0 Å². The molecule has 0 bridgehead atoms. The van der Waals surface area contributed by atoms with Gasteiger partial charge >= 0.3 is 0 Å². The van der Waals surface area contributed by atoms with Crippen LogP contribution in [-0.2, 0) is 0 Å². The van der Waals surface area contributed by atoms with Crippen molar-refractivity contribution in [3.63, 3.8) is 0 Å². The number of aromatic nitrogens is 3. The Morgan fingerprint density at radius 2 is 1.82 bits per heavy atom. The van der Waals surface area contributed by atoms with Gasteiger partial charge in [-0.05, 0) is 49.1 Å². The number of nitrogens with zero attached hydrogens (tertiary/aromatic N) is 3. The fourth-order valence-corrected chi connectivity index (χ4v) is 4.93. The standard InChI is InChI=1S/C25H23ClFN5S/c26-20-8-4-5-9-23(20)33-32-19-13-21(27)24(28-15-19)16-10-11-22-17(12-16)14-29-25(31-22)30-18-6-2-1-3-7-18/h4-5,8-15,18,32H,1-3,6-7H2,(H,29,30,31). The maximum absolute atomic E-state index is 14.9. The highest BCUT2D eigenvalue weighted by molar-refractivity contribution is 8.00. The Balaban J connectivity index is 1.31. The molecule has 168 valence electrons. The molecule has 2 aromatic carbocycles. The number of pyridine rings is 1. The van der Waals surface area contributed by atoms with Gasteiger partial charge in [0.25, 0.3) is 0 Å². The zero-order valence-electron chi connectivity index (χ0n) is 17.9. The Morgan fingerprint density at radius 1 is 0.970 bits per heavy atom. The van der Waals surface area contributed by atoms with Crippen molar-refractivity contribution in [3.8, 4) is 11.3 Å². The van der Waals surface area contributed by atoms with E-state index in [1.165, 1.54) is 37.3 Å². The van der Waals surface area contributed by atoms with Gasteiger partial charge in [-0.1, -0.05) is 49.1 Å². The lowest BCUT2D eigenvalue weighted by Crippen LogP contribution is -2.23. The first-order valence-electron chi connectivity index (χ1n) is 11.0. The third-order valence-corrected chi connectivity index (χ3v) is 7.10. The summed E-state index contributed by atoms with van der Waals surface area (Å²) in [5.41, 5.74) is 2.35. The largest absolute Gasteiger partial charge is 0.351 e. The van der Waals surface area contributed by atoms with Crippen LogP contribution in [-0.4, -0.2) is 21.0 Å². The summed E-state index contributed by atoms with van der Waals surface area (Å²) in [6, 6.07) is 15.0. The van der Waals surface area contributed by atoms with Crippen molar-refractivity contribution in [1.82, 2.24) is 15.0 Å². The molecule has 0 radical (unpaired) electrons. The molecule has 5 rings (SSSR count). The van der Waals surface area contributed by atoms with E-state index >= 15 is 0 Å². The van der Waals surface area contributed by atoms with Crippen LogP contribution in [0.2, 0.25) is 5.02 Å².